The summed E-state index contributed by atoms with van der Waals surface area (Å²) in [6.45, 7) is 1.38. The molecule has 0 spiro atoms. The predicted molar refractivity (Wildman–Crippen MR) is 101 cm³/mol. The van der Waals surface area contributed by atoms with E-state index in [1.165, 1.54) is 6.92 Å². The Labute approximate surface area is 156 Å². The molecule has 1 aromatic carbocycles. The molecule has 2 aromatic heterocycles. The molecular formula is C22H15N3O2. The van der Waals surface area contributed by atoms with E-state index < -0.39 is 12.1 Å². The number of carbonyl (C=O) groups is 1. The monoisotopic (exact) mass is 353 g/mol. The number of fused-ring (bicyclic) bond motifs is 2. The van der Waals surface area contributed by atoms with Crippen molar-refractivity contribution in [2.45, 2.75) is 13.0 Å². The van der Waals surface area contributed by atoms with Crippen LogP contribution in [0.3, 0.4) is 0 Å². The smallest absolute Gasteiger partial charge is 0.303 e. The standard InChI is InChI=1S/C22H15N3O2/c1-14(26)27-22-19-6-2-4-15(11-23)18(19)7-8-21-20(22)10-17(13-25-21)16-5-3-9-24-12-16/h2-10,12-13,22H,1H3. The summed E-state index contributed by atoms with van der Waals surface area (Å²) in [6.07, 6.45) is 8.31. The lowest BCUT2D eigenvalue weighted by molar-refractivity contribution is -0.144. The van der Waals surface area contributed by atoms with Crippen LogP contribution in [-0.4, -0.2) is 15.9 Å². The predicted octanol–water partition coefficient (Wildman–Crippen LogP) is 4.15. The molecule has 1 aliphatic rings. The Kier molecular flexibility index (Phi) is 4.23. The van der Waals surface area contributed by atoms with E-state index in [0.29, 0.717) is 11.3 Å². The number of nitriles is 1. The number of hydrogen-bond acceptors (Lipinski definition) is 5. The first-order valence-corrected chi connectivity index (χ1v) is 8.46. The highest BCUT2D eigenvalue weighted by Crippen LogP contribution is 2.37. The summed E-state index contributed by atoms with van der Waals surface area (Å²) in [7, 11) is 0. The van der Waals surface area contributed by atoms with E-state index in [1.54, 1.807) is 30.7 Å². The number of ether oxygens (including phenoxy) is 1. The molecule has 1 unspecified atom stereocenters. The number of pyridine rings is 2. The average Bonchev–Trinajstić information content (AvgIpc) is 2.85. The normalized spacial score (nSPS) is 14.4. The van der Waals surface area contributed by atoms with Crippen molar-refractivity contribution >= 4 is 18.1 Å². The molecule has 27 heavy (non-hydrogen) atoms. The molecule has 4 rings (SSSR count). The molecule has 2 heterocycles. The van der Waals surface area contributed by atoms with E-state index in [4.69, 9.17) is 4.74 Å². The van der Waals surface area contributed by atoms with Crippen molar-refractivity contribution < 1.29 is 9.53 Å². The molecular weight excluding hydrogens is 338 g/mol. The zero-order chi connectivity index (χ0) is 18.8. The highest BCUT2D eigenvalue weighted by Gasteiger charge is 2.26. The number of aromatic nitrogens is 2. The van der Waals surface area contributed by atoms with E-state index in [1.807, 2.05) is 36.4 Å². The van der Waals surface area contributed by atoms with Gasteiger partial charge < -0.3 is 4.74 Å². The Morgan fingerprint density at radius 2 is 2.00 bits per heavy atom. The first kappa shape index (κ1) is 16.7. The quantitative estimate of drug-likeness (QED) is 0.647. The van der Waals surface area contributed by atoms with Crippen LogP contribution in [0.2, 0.25) is 0 Å². The van der Waals surface area contributed by atoms with Crippen LogP contribution in [0.4, 0.5) is 0 Å². The molecule has 1 aliphatic carbocycles. The van der Waals surface area contributed by atoms with Gasteiger partial charge in [0.05, 0.1) is 17.3 Å². The van der Waals surface area contributed by atoms with Gasteiger partial charge in [-0.3, -0.25) is 14.8 Å². The van der Waals surface area contributed by atoms with Crippen LogP contribution in [0.5, 0.6) is 0 Å². The van der Waals surface area contributed by atoms with E-state index in [9.17, 15) is 10.1 Å². The highest BCUT2D eigenvalue weighted by atomic mass is 16.5. The SMILES string of the molecule is CC(=O)OC1c2cc(-c3cccnc3)cnc2C=Cc2c(C#N)cccc21. The second kappa shape index (κ2) is 6.85. The van der Waals surface area contributed by atoms with E-state index in [0.717, 1.165) is 27.8 Å². The first-order valence-electron chi connectivity index (χ1n) is 8.46. The van der Waals surface area contributed by atoms with Gasteiger partial charge in [-0.15, -0.1) is 0 Å². The minimum absolute atomic E-state index is 0.395. The van der Waals surface area contributed by atoms with Gasteiger partial charge in [-0.2, -0.15) is 5.26 Å². The van der Waals surface area contributed by atoms with Gasteiger partial charge in [-0.25, -0.2) is 0 Å². The van der Waals surface area contributed by atoms with Crippen LogP contribution in [0.1, 0.15) is 41.0 Å². The zero-order valence-corrected chi connectivity index (χ0v) is 14.6. The topological polar surface area (TPSA) is 75.9 Å². The van der Waals surface area contributed by atoms with Crippen molar-refractivity contribution in [2.75, 3.05) is 0 Å². The second-order valence-corrected chi connectivity index (χ2v) is 6.18. The molecule has 3 aromatic rings. The molecule has 5 heteroatoms. The fraction of sp³-hybridized carbons (Fsp3) is 0.0909. The van der Waals surface area contributed by atoms with Crippen molar-refractivity contribution in [3.8, 4) is 17.2 Å². The van der Waals surface area contributed by atoms with Crippen LogP contribution < -0.4 is 0 Å². The van der Waals surface area contributed by atoms with Crippen molar-refractivity contribution in [1.29, 1.82) is 5.26 Å². The maximum absolute atomic E-state index is 11.8. The number of rotatable bonds is 2. The van der Waals surface area contributed by atoms with Crippen LogP contribution >= 0.6 is 0 Å². The number of benzene rings is 1. The third-order valence-electron chi connectivity index (χ3n) is 4.46. The van der Waals surface area contributed by atoms with Crippen LogP contribution in [-0.2, 0) is 9.53 Å². The third-order valence-corrected chi connectivity index (χ3v) is 4.46. The average molecular weight is 353 g/mol. The molecule has 0 radical (unpaired) electrons. The summed E-state index contributed by atoms with van der Waals surface area (Å²) in [5.74, 6) is -0.395. The van der Waals surface area contributed by atoms with Gasteiger partial charge >= 0.3 is 5.97 Å². The molecule has 130 valence electrons. The van der Waals surface area contributed by atoms with E-state index >= 15 is 0 Å². The molecule has 0 saturated heterocycles. The maximum atomic E-state index is 11.8. The summed E-state index contributed by atoms with van der Waals surface area (Å²) < 4.78 is 5.67. The summed E-state index contributed by atoms with van der Waals surface area (Å²) in [5, 5.41) is 9.45. The van der Waals surface area contributed by atoms with E-state index in [-0.39, 0.29) is 0 Å². The molecule has 0 aliphatic heterocycles. The molecule has 0 saturated carbocycles. The molecule has 5 nitrogen and oxygen atoms in total. The fourth-order valence-corrected chi connectivity index (χ4v) is 3.25. The van der Waals surface area contributed by atoms with Crippen molar-refractivity contribution in [2.24, 2.45) is 0 Å². The number of carbonyl (C=O) groups excluding carboxylic acids is 1. The van der Waals surface area contributed by atoms with Gasteiger partial charge in [0.1, 0.15) is 0 Å². The summed E-state index contributed by atoms with van der Waals surface area (Å²) in [4.78, 5) is 20.5. The largest absolute Gasteiger partial charge is 0.453 e. The summed E-state index contributed by atoms with van der Waals surface area (Å²) in [5.41, 5.74) is 5.32. The lowest BCUT2D eigenvalue weighted by Crippen LogP contribution is -2.13. The lowest BCUT2D eigenvalue weighted by atomic mass is 9.94. The van der Waals surface area contributed by atoms with Crippen molar-refractivity contribution in [3.05, 3.63) is 82.9 Å². The van der Waals surface area contributed by atoms with Crippen molar-refractivity contribution in [3.63, 3.8) is 0 Å². The summed E-state index contributed by atoms with van der Waals surface area (Å²) in [6, 6.07) is 13.4. The fourth-order valence-electron chi connectivity index (χ4n) is 3.25. The van der Waals surface area contributed by atoms with Crippen LogP contribution in [0, 0.1) is 11.3 Å². The molecule has 0 fully saturated rings. The first-order chi connectivity index (χ1) is 13.2. The maximum Gasteiger partial charge on any atom is 0.303 e. The Bertz CT molecular complexity index is 1100. The minimum atomic E-state index is -0.639. The lowest BCUT2D eigenvalue weighted by Gasteiger charge is -2.20. The van der Waals surface area contributed by atoms with Gasteiger partial charge in [-0.1, -0.05) is 24.3 Å². The minimum Gasteiger partial charge on any atom is -0.453 e. The van der Waals surface area contributed by atoms with Gasteiger partial charge in [-0.05, 0) is 29.8 Å². The Balaban J connectivity index is 1.93. The van der Waals surface area contributed by atoms with Crippen molar-refractivity contribution in [1.82, 2.24) is 9.97 Å². The third kappa shape index (κ3) is 3.09. The van der Waals surface area contributed by atoms with Crippen LogP contribution in [0.25, 0.3) is 23.3 Å². The molecule has 0 N–H and O–H groups in total. The molecule has 0 amide bonds. The Morgan fingerprint density at radius 1 is 1.11 bits per heavy atom. The Morgan fingerprint density at radius 3 is 2.74 bits per heavy atom. The van der Waals surface area contributed by atoms with Gasteiger partial charge in [0, 0.05) is 47.8 Å². The highest BCUT2D eigenvalue weighted by molar-refractivity contribution is 5.79. The molecule has 1 atom stereocenters. The number of hydrogen-bond donors (Lipinski definition) is 0. The number of esters is 1. The van der Waals surface area contributed by atoms with Gasteiger partial charge in [0.15, 0.2) is 6.10 Å². The Hall–Kier alpha value is -3.78. The second-order valence-electron chi connectivity index (χ2n) is 6.18. The zero-order valence-electron chi connectivity index (χ0n) is 14.6. The van der Waals surface area contributed by atoms with Gasteiger partial charge in [0.2, 0.25) is 0 Å². The molecule has 0 bridgehead atoms. The number of nitrogens with zero attached hydrogens (tertiary/aromatic N) is 3. The van der Waals surface area contributed by atoms with Gasteiger partial charge in [0.25, 0.3) is 0 Å². The summed E-state index contributed by atoms with van der Waals surface area (Å²) >= 11 is 0. The van der Waals surface area contributed by atoms with E-state index in [2.05, 4.69) is 16.0 Å². The van der Waals surface area contributed by atoms with Crippen LogP contribution in [0.15, 0.2) is 55.0 Å².